The van der Waals surface area contributed by atoms with Crippen LogP contribution in [-0.2, 0) is 0 Å². The van der Waals surface area contributed by atoms with Gasteiger partial charge < -0.3 is 24.8 Å². The van der Waals surface area contributed by atoms with Crippen LogP contribution in [0.15, 0.2) is 36.7 Å². The number of hydrogen-bond donors (Lipinski definition) is 1. The molecule has 1 aromatic heterocycles. The second kappa shape index (κ2) is 9.47. The van der Waals surface area contributed by atoms with Gasteiger partial charge in [0, 0.05) is 35.5 Å². The second-order valence-corrected chi connectivity index (χ2v) is 8.35. The van der Waals surface area contributed by atoms with Crippen molar-refractivity contribution in [1.82, 2.24) is 14.9 Å². The number of piperidine rings is 1. The Morgan fingerprint density at radius 1 is 1.09 bits per heavy atom. The number of methoxy groups -OCH3 is 2. The van der Waals surface area contributed by atoms with Crippen molar-refractivity contribution in [1.29, 1.82) is 0 Å². The molecule has 4 rings (SSSR count). The molecule has 2 heterocycles. The van der Waals surface area contributed by atoms with E-state index in [1.807, 2.05) is 13.0 Å². The Kier molecular flexibility index (Phi) is 6.60. The van der Waals surface area contributed by atoms with Crippen LogP contribution < -0.4 is 19.9 Å². The number of amides is 1. The minimum atomic E-state index is -4.86. The van der Waals surface area contributed by atoms with Crippen molar-refractivity contribution in [3.8, 4) is 17.2 Å². The maximum Gasteiger partial charge on any atom is 0.573 e. The number of anilines is 1. The van der Waals surface area contributed by atoms with E-state index in [4.69, 9.17) is 15.2 Å². The first-order valence-corrected chi connectivity index (χ1v) is 10.9. The molecule has 0 radical (unpaired) electrons. The van der Waals surface area contributed by atoms with Gasteiger partial charge in [0.05, 0.1) is 31.1 Å². The Morgan fingerprint density at radius 2 is 1.80 bits per heavy atom. The predicted molar refractivity (Wildman–Crippen MR) is 123 cm³/mol. The Balaban J connectivity index is 1.54. The summed E-state index contributed by atoms with van der Waals surface area (Å²) in [5, 5.41) is 0.857. The van der Waals surface area contributed by atoms with E-state index in [2.05, 4.69) is 14.7 Å². The van der Waals surface area contributed by atoms with Crippen molar-refractivity contribution in [2.45, 2.75) is 38.1 Å². The molecular weight excluding hydrogens is 465 g/mol. The Labute approximate surface area is 199 Å². The van der Waals surface area contributed by atoms with Crippen molar-refractivity contribution in [3.63, 3.8) is 0 Å². The van der Waals surface area contributed by atoms with Gasteiger partial charge in [0.2, 0.25) is 0 Å². The molecule has 2 N–H and O–H groups in total. The third kappa shape index (κ3) is 5.03. The number of nitrogen functional groups attached to an aromatic ring is 1. The molecule has 2 aromatic carbocycles. The number of likely N-dealkylation sites (tertiary alicyclic amines) is 1. The maximum atomic E-state index is 13.1. The molecule has 1 aliphatic rings. The number of carbonyl (C=O) groups excluding carboxylic acids is 1. The van der Waals surface area contributed by atoms with Crippen LogP contribution in [0.2, 0.25) is 0 Å². The summed E-state index contributed by atoms with van der Waals surface area (Å²) in [7, 11) is 3.12. The Morgan fingerprint density at radius 3 is 2.43 bits per heavy atom. The number of hydrogen-bond acceptors (Lipinski definition) is 7. The van der Waals surface area contributed by atoms with Crippen LogP contribution in [0.1, 0.15) is 41.7 Å². The van der Waals surface area contributed by atoms with Crippen LogP contribution in [0, 0.1) is 0 Å². The molecule has 1 saturated heterocycles. The number of fused-ring (bicyclic) bond motifs is 1. The second-order valence-electron chi connectivity index (χ2n) is 8.35. The first-order chi connectivity index (χ1) is 16.6. The summed E-state index contributed by atoms with van der Waals surface area (Å²) in [6.45, 7) is 2.38. The molecule has 8 nitrogen and oxygen atoms in total. The van der Waals surface area contributed by atoms with Gasteiger partial charge in [-0.3, -0.25) is 4.79 Å². The lowest BCUT2D eigenvalue weighted by atomic mass is 9.86. The summed E-state index contributed by atoms with van der Waals surface area (Å²) in [4.78, 5) is 23.7. The van der Waals surface area contributed by atoms with E-state index >= 15 is 0 Å². The molecule has 1 aliphatic heterocycles. The standard InChI is InChI=1S/C24H25F3N4O4/c1-13-8-14(22-16-10-20(33-2)21(34-3)11-18(16)29-12-30-22)6-7-31(13)23(32)15-4-5-19(17(28)9-15)35-24(25,26)27/h4-5,9-14H,6-8,28H2,1-3H3. The number of halogens is 3. The predicted octanol–water partition coefficient (Wildman–Crippen LogP) is 4.54. The van der Waals surface area contributed by atoms with E-state index < -0.39 is 12.1 Å². The molecule has 11 heteroatoms. The summed E-state index contributed by atoms with van der Waals surface area (Å²) in [5.74, 6) is 0.380. The minimum absolute atomic E-state index is 0.0743. The first kappa shape index (κ1) is 24.4. The summed E-state index contributed by atoms with van der Waals surface area (Å²) in [6.07, 6.45) is -2.05. The molecule has 1 fully saturated rings. The van der Waals surface area contributed by atoms with Gasteiger partial charge in [0.1, 0.15) is 6.33 Å². The van der Waals surface area contributed by atoms with Gasteiger partial charge in [0.15, 0.2) is 17.2 Å². The minimum Gasteiger partial charge on any atom is -0.493 e. The molecule has 35 heavy (non-hydrogen) atoms. The summed E-state index contributed by atoms with van der Waals surface area (Å²) < 4.78 is 52.2. The van der Waals surface area contributed by atoms with E-state index in [9.17, 15) is 18.0 Å². The molecule has 2 unspecified atom stereocenters. The van der Waals surface area contributed by atoms with E-state index in [-0.39, 0.29) is 29.1 Å². The average Bonchev–Trinajstić information content (AvgIpc) is 2.82. The molecule has 0 saturated carbocycles. The van der Waals surface area contributed by atoms with Crippen LogP contribution in [0.25, 0.3) is 10.9 Å². The van der Waals surface area contributed by atoms with E-state index in [0.29, 0.717) is 30.9 Å². The number of benzene rings is 2. The Hall–Kier alpha value is -3.76. The lowest BCUT2D eigenvalue weighted by Crippen LogP contribution is -2.44. The Bertz CT molecular complexity index is 1250. The van der Waals surface area contributed by atoms with Gasteiger partial charge in [0.25, 0.3) is 5.91 Å². The zero-order valence-corrected chi connectivity index (χ0v) is 19.4. The van der Waals surface area contributed by atoms with Crippen molar-refractivity contribution in [2.24, 2.45) is 0 Å². The zero-order valence-electron chi connectivity index (χ0n) is 19.4. The number of nitrogens with two attached hydrogens (primary N) is 1. The molecular formula is C24H25F3N4O4. The van der Waals surface area contributed by atoms with Crippen LogP contribution in [0.4, 0.5) is 18.9 Å². The van der Waals surface area contributed by atoms with Gasteiger partial charge in [-0.15, -0.1) is 13.2 Å². The largest absolute Gasteiger partial charge is 0.573 e. The summed E-state index contributed by atoms with van der Waals surface area (Å²) in [6, 6.07) is 7.08. The fraction of sp³-hybridized carbons (Fsp3) is 0.375. The third-order valence-electron chi connectivity index (χ3n) is 6.18. The SMILES string of the molecule is COc1cc2ncnc(C3CCN(C(=O)c4ccc(OC(F)(F)F)c(N)c4)C(C)C3)c2cc1OC. The van der Waals surface area contributed by atoms with E-state index in [1.54, 1.807) is 25.2 Å². The fourth-order valence-electron chi connectivity index (χ4n) is 4.52. The van der Waals surface area contributed by atoms with Crippen LogP contribution >= 0.6 is 0 Å². The highest BCUT2D eigenvalue weighted by molar-refractivity contribution is 5.96. The van der Waals surface area contributed by atoms with E-state index in [1.165, 1.54) is 18.5 Å². The lowest BCUT2D eigenvalue weighted by molar-refractivity contribution is -0.274. The zero-order chi connectivity index (χ0) is 25.3. The first-order valence-electron chi connectivity index (χ1n) is 10.9. The highest BCUT2D eigenvalue weighted by Crippen LogP contribution is 2.38. The van der Waals surface area contributed by atoms with Gasteiger partial charge in [-0.2, -0.15) is 0 Å². The van der Waals surface area contributed by atoms with Crippen LogP contribution in [-0.4, -0.2) is 53.9 Å². The third-order valence-corrected chi connectivity index (χ3v) is 6.18. The van der Waals surface area contributed by atoms with Gasteiger partial charge >= 0.3 is 6.36 Å². The van der Waals surface area contributed by atoms with Gasteiger partial charge in [-0.1, -0.05) is 0 Å². The van der Waals surface area contributed by atoms with Crippen LogP contribution in [0.5, 0.6) is 17.2 Å². The van der Waals surface area contributed by atoms with Crippen LogP contribution in [0.3, 0.4) is 0 Å². The van der Waals surface area contributed by atoms with Crippen molar-refractivity contribution >= 4 is 22.5 Å². The number of alkyl halides is 3. The van der Waals surface area contributed by atoms with Crippen molar-refractivity contribution in [3.05, 3.63) is 47.9 Å². The number of rotatable bonds is 5. The topological polar surface area (TPSA) is 99.8 Å². The fourth-order valence-corrected chi connectivity index (χ4v) is 4.52. The molecule has 2 atom stereocenters. The number of carbonyl (C=O) groups is 1. The molecule has 1 amide bonds. The van der Waals surface area contributed by atoms with Gasteiger partial charge in [-0.05, 0) is 44.0 Å². The van der Waals surface area contributed by atoms with Gasteiger partial charge in [-0.25, -0.2) is 9.97 Å². The van der Waals surface area contributed by atoms with Crippen molar-refractivity contribution in [2.75, 3.05) is 26.5 Å². The normalized spacial score (nSPS) is 18.4. The number of aromatic nitrogens is 2. The summed E-state index contributed by atoms with van der Waals surface area (Å²) in [5.41, 5.74) is 7.24. The summed E-state index contributed by atoms with van der Waals surface area (Å²) >= 11 is 0. The molecule has 186 valence electrons. The molecule has 0 bridgehead atoms. The molecule has 0 spiro atoms. The number of nitrogens with zero attached hydrogens (tertiary/aromatic N) is 3. The maximum absolute atomic E-state index is 13.1. The van der Waals surface area contributed by atoms with Crippen molar-refractivity contribution < 1.29 is 32.2 Å². The quantitative estimate of drug-likeness (QED) is 0.525. The molecule has 3 aromatic rings. The smallest absolute Gasteiger partial charge is 0.493 e. The number of ether oxygens (including phenoxy) is 3. The average molecular weight is 490 g/mol. The highest BCUT2D eigenvalue weighted by atomic mass is 19.4. The molecule has 0 aliphatic carbocycles. The van der Waals surface area contributed by atoms with E-state index in [0.717, 1.165) is 22.7 Å². The lowest BCUT2D eigenvalue weighted by Gasteiger charge is -2.38. The monoisotopic (exact) mass is 490 g/mol. The highest BCUT2D eigenvalue weighted by Gasteiger charge is 2.34.